The number of carbonyl (C=O) groups excluding carboxylic acids is 1. The fourth-order valence-corrected chi connectivity index (χ4v) is 1.82. The average molecular weight is 259 g/mol. The SMILES string of the molecule is COCCOCC(=O)NCCCN1CCNCC1. The van der Waals surface area contributed by atoms with Gasteiger partial charge in [0.1, 0.15) is 6.61 Å². The lowest BCUT2D eigenvalue weighted by Crippen LogP contribution is -2.44. The zero-order chi connectivity index (χ0) is 13.1. The first-order chi connectivity index (χ1) is 8.83. The number of hydrogen-bond acceptors (Lipinski definition) is 5. The highest BCUT2D eigenvalue weighted by molar-refractivity contribution is 5.77. The number of ether oxygens (including phenoxy) is 2. The molecule has 6 heteroatoms. The quantitative estimate of drug-likeness (QED) is 0.523. The van der Waals surface area contributed by atoms with E-state index in [0.717, 1.165) is 45.7 Å². The molecule has 1 heterocycles. The first kappa shape index (κ1) is 15.4. The normalized spacial score (nSPS) is 16.7. The Balaban J connectivity index is 1.88. The van der Waals surface area contributed by atoms with Crippen molar-refractivity contribution in [2.24, 2.45) is 0 Å². The predicted molar refractivity (Wildman–Crippen MR) is 69.6 cm³/mol. The van der Waals surface area contributed by atoms with E-state index in [1.54, 1.807) is 7.11 Å². The maximum atomic E-state index is 11.4. The van der Waals surface area contributed by atoms with Crippen molar-refractivity contribution in [3.8, 4) is 0 Å². The fraction of sp³-hybridized carbons (Fsp3) is 0.917. The Labute approximate surface area is 109 Å². The van der Waals surface area contributed by atoms with Crippen molar-refractivity contribution in [2.75, 3.05) is 66.2 Å². The summed E-state index contributed by atoms with van der Waals surface area (Å²) in [6, 6.07) is 0. The zero-order valence-corrected chi connectivity index (χ0v) is 11.2. The van der Waals surface area contributed by atoms with Crippen LogP contribution >= 0.6 is 0 Å². The zero-order valence-electron chi connectivity index (χ0n) is 11.2. The topological polar surface area (TPSA) is 62.8 Å². The van der Waals surface area contributed by atoms with Crippen molar-refractivity contribution in [1.29, 1.82) is 0 Å². The van der Waals surface area contributed by atoms with E-state index in [1.807, 2.05) is 0 Å². The van der Waals surface area contributed by atoms with E-state index in [9.17, 15) is 4.79 Å². The van der Waals surface area contributed by atoms with Crippen molar-refractivity contribution in [1.82, 2.24) is 15.5 Å². The van der Waals surface area contributed by atoms with Crippen LogP contribution in [-0.4, -0.2) is 77.0 Å². The number of methoxy groups -OCH3 is 1. The van der Waals surface area contributed by atoms with Crippen LogP contribution in [0.5, 0.6) is 0 Å². The Kier molecular flexibility index (Phi) is 8.75. The smallest absolute Gasteiger partial charge is 0.246 e. The van der Waals surface area contributed by atoms with Crippen LogP contribution in [0.1, 0.15) is 6.42 Å². The van der Waals surface area contributed by atoms with Gasteiger partial charge in [0, 0.05) is 39.8 Å². The summed E-state index contributed by atoms with van der Waals surface area (Å²) in [5.74, 6) is -0.0496. The van der Waals surface area contributed by atoms with Crippen LogP contribution in [0.15, 0.2) is 0 Å². The minimum absolute atomic E-state index is 0.0496. The number of piperazine rings is 1. The molecule has 0 spiro atoms. The van der Waals surface area contributed by atoms with E-state index < -0.39 is 0 Å². The second-order valence-electron chi connectivity index (χ2n) is 4.34. The van der Waals surface area contributed by atoms with Crippen LogP contribution in [-0.2, 0) is 14.3 Å². The molecule has 0 aliphatic carbocycles. The highest BCUT2D eigenvalue weighted by atomic mass is 16.5. The number of nitrogens with zero attached hydrogens (tertiary/aromatic N) is 1. The summed E-state index contributed by atoms with van der Waals surface area (Å²) >= 11 is 0. The molecular formula is C12H25N3O3. The highest BCUT2D eigenvalue weighted by Crippen LogP contribution is 1.93. The molecule has 0 unspecified atom stereocenters. The van der Waals surface area contributed by atoms with Gasteiger partial charge < -0.3 is 25.0 Å². The third kappa shape index (κ3) is 7.60. The van der Waals surface area contributed by atoms with Gasteiger partial charge in [0.2, 0.25) is 5.91 Å². The lowest BCUT2D eigenvalue weighted by atomic mass is 10.3. The Morgan fingerprint density at radius 3 is 2.83 bits per heavy atom. The molecule has 106 valence electrons. The lowest BCUT2D eigenvalue weighted by Gasteiger charge is -2.27. The molecule has 0 saturated carbocycles. The molecule has 1 saturated heterocycles. The fourth-order valence-electron chi connectivity index (χ4n) is 1.82. The van der Waals surface area contributed by atoms with Crippen LogP contribution in [0, 0.1) is 0 Å². The summed E-state index contributed by atoms with van der Waals surface area (Å²) in [6.45, 7) is 7.22. The van der Waals surface area contributed by atoms with Crippen LogP contribution in [0.2, 0.25) is 0 Å². The van der Waals surface area contributed by atoms with Crippen LogP contribution in [0.3, 0.4) is 0 Å². The van der Waals surface area contributed by atoms with Crippen molar-refractivity contribution in [3.05, 3.63) is 0 Å². The number of hydrogen-bond donors (Lipinski definition) is 2. The van der Waals surface area contributed by atoms with Crippen molar-refractivity contribution >= 4 is 5.91 Å². The van der Waals surface area contributed by atoms with E-state index in [4.69, 9.17) is 9.47 Å². The molecule has 0 atom stereocenters. The van der Waals surface area contributed by atoms with Gasteiger partial charge in [-0.1, -0.05) is 0 Å². The molecule has 0 aromatic carbocycles. The van der Waals surface area contributed by atoms with E-state index >= 15 is 0 Å². The molecule has 18 heavy (non-hydrogen) atoms. The number of carbonyl (C=O) groups is 1. The van der Waals surface area contributed by atoms with Crippen LogP contribution in [0.25, 0.3) is 0 Å². The molecule has 1 fully saturated rings. The minimum Gasteiger partial charge on any atom is -0.382 e. The van der Waals surface area contributed by atoms with Gasteiger partial charge >= 0.3 is 0 Å². The second kappa shape index (κ2) is 10.3. The minimum atomic E-state index is -0.0496. The Hall–Kier alpha value is -0.690. The van der Waals surface area contributed by atoms with E-state index in [2.05, 4.69) is 15.5 Å². The van der Waals surface area contributed by atoms with E-state index in [1.165, 1.54) is 0 Å². The van der Waals surface area contributed by atoms with Crippen LogP contribution < -0.4 is 10.6 Å². The van der Waals surface area contributed by atoms with E-state index in [0.29, 0.717) is 13.2 Å². The molecule has 6 nitrogen and oxygen atoms in total. The summed E-state index contributed by atoms with van der Waals surface area (Å²) in [7, 11) is 1.61. The molecule has 0 bridgehead atoms. The number of amides is 1. The molecular weight excluding hydrogens is 234 g/mol. The first-order valence-electron chi connectivity index (χ1n) is 6.59. The summed E-state index contributed by atoms with van der Waals surface area (Å²) in [5, 5.41) is 6.17. The predicted octanol–water partition coefficient (Wildman–Crippen LogP) is -0.939. The first-order valence-corrected chi connectivity index (χ1v) is 6.59. The molecule has 0 aromatic heterocycles. The summed E-state index contributed by atoms with van der Waals surface area (Å²) in [6.07, 6.45) is 0.990. The number of nitrogens with one attached hydrogen (secondary N) is 2. The van der Waals surface area contributed by atoms with Crippen molar-refractivity contribution in [3.63, 3.8) is 0 Å². The molecule has 0 radical (unpaired) electrons. The summed E-state index contributed by atoms with van der Waals surface area (Å²) < 4.78 is 9.95. The van der Waals surface area contributed by atoms with E-state index in [-0.39, 0.29) is 12.5 Å². The largest absolute Gasteiger partial charge is 0.382 e. The van der Waals surface area contributed by atoms with Gasteiger partial charge in [-0.3, -0.25) is 4.79 Å². The second-order valence-corrected chi connectivity index (χ2v) is 4.34. The third-order valence-corrected chi connectivity index (χ3v) is 2.85. The maximum absolute atomic E-state index is 11.4. The number of rotatable bonds is 9. The Bertz CT molecular complexity index is 221. The maximum Gasteiger partial charge on any atom is 0.246 e. The van der Waals surface area contributed by atoms with Crippen molar-refractivity contribution in [2.45, 2.75) is 6.42 Å². The molecule has 1 rings (SSSR count). The summed E-state index contributed by atoms with van der Waals surface area (Å²) in [4.78, 5) is 13.8. The van der Waals surface area contributed by atoms with Crippen LogP contribution in [0.4, 0.5) is 0 Å². The summed E-state index contributed by atoms with van der Waals surface area (Å²) in [5.41, 5.74) is 0. The van der Waals surface area contributed by atoms with Gasteiger partial charge in [-0.25, -0.2) is 0 Å². The highest BCUT2D eigenvalue weighted by Gasteiger charge is 2.08. The Morgan fingerprint density at radius 2 is 2.11 bits per heavy atom. The van der Waals surface area contributed by atoms with Crippen molar-refractivity contribution < 1.29 is 14.3 Å². The van der Waals surface area contributed by atoms with Gasteiger partial charge in [-0.15, -0.1) is 0 Å². The molecule has 0 aromatic rings. The molecule has 1 aliphatic rings. The van der Waals surface area contributed by atoms with Gasteiger partial charge in [0.25, 0.3) is 0 Å². The van der Waals surface area contributed by atoms with Gasteiger partial charge in [-0.2, -0.15) is 0 Å². The average Bonchev–Trinajstić information content (AvgIpc) is 2.41. The molecule has 1 aliphatic heterocycles. The standard InChI is InChI=1S/C12H25N3O3/c1-17-9-10-18-11-12(16)14-3-2-6-15-7-4-13-5-8-15/h13H,2-11H2,1H3,(H,14,16). The lowest BCUT2D eigenvalue weighted by molar-refractivity contribution is -0.126. The monoisotopic (exact) mass is 259 g/mol. The van der Waals surface area contributed by atoms with Gasteiger partial charge in [-0.05, 0) is 13.0 Å². The molecule has 2 N–H and O–H groups in total. The molecule has 1 amide bonds. The van der Waals surface area contributed by atoms with Gasteiger partial charge in [0.05, 0.1) is 13.2 Å². The Morgan fingerprint density at radius 1 is 1.33 bits per heavy atom. The van der Waals surface area contributed by atoms with Gasteiger partial charge in [0.15, 0.2) is 0 Å². The third-order valence-electron chi connectivity index (χ3n) is 2.85.